The summed E-state index contributed by atoms with van der Waals surface area (Å²) in [5, 5.41) is 5.71. The Kier molecular flexibility index (Phi) is 7.10. The van der Waals surface area contributed by atoms with Gasteiger partial charge in [-0.2, -0.15) is 0 Å². The van der Waals surface area contributed by atoms with Gasteiger partial charge in [0.1, 0.15) is 5.75 Å². The zero-order chi connectivity index (χ0) is 24.9. The number of carbonyl (C=O) groups is 2. The van der Waals surface area contributed by atoms with E-state index in [1.807, 2.05) is 45.9 Å². The number of aryl methyl sites for hydroxylation is 1. The maximum absolute atomic E-state index is 13.1. The highest BCUT2D eigenvalue weighted by molar-refractivity contribution is 6.10. The van der Waals surface area contributed by atoms with Crippen LogP contribution < -0.4 is 29.6 Å². The van der Waals surface area contributed by atoms with Crippen molar-refractivity contribution in [3.05, 3.63) is 65.2 Å². The zero-order valence-electron chi connectivity index (χ0n) is 20.2. The van der Waals surface area contributed by atoms with Crippen molar-refractivity contribution in [3.63, 3.8) is 0 Å². The van der Waals surface area contributed by atoms with Crippen LogP contribution in [0.1, 0.15) is 47.1 Å². The highest BCUT2D eigenvalue weighted by atomic mass is 16.5. The summed E-state index contributed by atoms with van der Waals surface area (Å²) in [4.78, 5) is 26.0. The molecular weight excluding hydrogens is 448 g/mol. The van der Waals surface area contributed by atoms with Crippen molar-refractivity contribution in [3.8, 4) is 28.7 Å². The van der Waals surface area contributed by atoms with Gasteiger partial charge in [-0.3, -0.25) is 9.59 Å². The van der Waals surface area contributed by atoms with Crippen LogP contribution >= 0.6 is 0 Å². The smallest absolute Gasteiger partial charge is 0.259 e. The molecular formula is C27H28N2O6. The predicted molar refractivity (Wildman–Crippen MR) is 134 cm³/mol. The number of benzene rings is 3. The third-order valence-electron chi connectivity index (χ3n) is 5.26. The van der Waals surface area contributed by atoms with E-state index >= 15 is 0 Å². The first-order valence-corrected chi connectivity index (χ1v) is 11.5. The molecule has 8 nitrogen and oxygen atoms in total. The van der Waals surface area contributed by atoms with Crippen LogP contribution in [0.15, 0.2) is 48.5 Å². The number of anilines is 2. The highest BCUT2D eigenvalue weighted by Crippen LogP contribution is 2.40. The van der Waals surface area contributed by atoms with Gasteiger partial charge in [0.15, 0.2) is 17.2 Å². The van der Waals surface area contributed by atoms with Gasteiger partial charge in [0.2, 0.25) is 5.75 Å². The molecule has 0 fully saturated rings. The van der Waals surface area contributed by atoms with Gasteiger partial charge < -0.3 is 29.6 Å². The molecule has 0 atom stereocenters. The van der Waals surface area contributed by atoms with E-state index in [1.54, 1.807) is 30.3 Å². The van der Waals surface area contributed by atoms with Gasteiger partial charge in [-0.05, 0) is 75.7 Å². The van der Waals surface area contributed by atoms with Crippen LogP contribution in [0.2, 0.25) is 0 Å². The van der Waals surface area contributed by atoms with E-state index in [1.165, 1.54) is 0 Å². The Morgan fingerprint density at radius 3 is 2.20 bits per heavy atom. The Morgan fingerprint density at radius 1 is 0.886 bits per heavy atom. The summed E-state index contributed by atoms with van der Waals surface area (Å²) in [6, 6.07) is 13.7. The fourth-order valence-corrected chi connectivity index (χ4v) is 3.74. The van der Waals surface area contributed by atoms with E-state index in [0.717, 1.165) is 5.56 Å². The van der Waals surface area contributed by atoms with Gasteiger partial charge in [0.05, 0.1) is 31.1 Å². The van der Waals surface area contributed by atoms with Gasteiger partial charge >= 0.3 is 0 Å². The summed E-state index contributed by atoms with van der Waals surface area (Å²) in [5.74, 6) is 1.56. The molecule has 182 valence electrons. The van der Waals surface area contributed by atoms with Gasteiger partial charge in [-0.15, -0.1) is 0 Å². The minimum absolute atomic E-state index is 0.313. The maximum Gasteiger partial charge on any atom is 0.259 e. The van der Waals surface area contributed by atoms with Gasteiger partial charge in [-0.1, -0.05) is 6.07 Å². The Morgan fingerprint density at radius 2 is 1.54 bits per heavy atom. The predicted octanol–water partition coefficient (Wildman–Crippen LogP) is 5.80. The number of amides is 2. The number of ether oxygens (including phenoxy) is 4. The normalized spacial score (nSPS) is 11.8. The molecule has 2 N–H and O–H groups in total. The minimum atomic E-state index is -0.385. The highest BCUT2D eigenvalue weighted by Gasteiger charge is 2.23. The number of hydrogen-bond donors (Lipinski definition) is 2. The van der Waals surface area contributed by atoms with Crippen LogP contribution in [0, 0.1) is 6.92 Å². The van der Waals surface area contributed by atoms with E-state index in [9.17, 15) is 9.59 Å². The first kappa shape index (κ1) is 23.9. The Bertz CT molecular complexity index is 1240. The molecule has 0 bridgehead atoms. The maximum atomic E-state index is 13.1. The summed E-state index contributed by atoms with van der Waals surface area (Å²) in [6.45, 7) is 8.73. The second kappa shape index (κ2) is 10.4. The van der Waals surface area contributed by atoms with E-state index in [2.05, 4.69) is 10.6 Å². The summed E-state index contributed by atoms with van der Waals surface area (Å²) >= 11 is 0. The van der Waals surface area contributed by atoms with Crippen molar-refractivity contribution < 1.29 is 28.5 Å². The second-order valence-corrected chi connectivity index (χ2v) is 7.82. The topological polar surface area (TPSA) is 95.1 Å². The molecule has 8 heteroatoms. The number of hydrogen-bond acceptors (Lipinski definition) is 6. The monoisotopic (exact) mass is 476 g/mol. The van der Waals surface area contributed by atoms with E-state index < -0.39 is 0 Å². The first-order valence-electron chi connectivity index (χ1n) is 11.5. The van der Waals surface area contributed by atoms with Gasteiger partial charge in [0, 0.05) is 11.3 Å². The van der Waals surface area contributed by atoms with Crippen LogP contribution in [-0.2, 0) is 0 Å². The van der Waals surface area contributed by atoms with Gasteiger partial charge in [0.25, 0.3) is 11.8 Å². The number of nitrogens with one attached hydrogen (secondary N) is 2. The van der Waals surface area contributed by atoms with Crippen LogP contribution in [0.4, 0.5) is 11.4 Å². The molecule has 4 rings (SSSR count). The zero-order valence-corrected chi connectivity index (χ0v) is 20.2. The van der Waals surface area contributed by atoms with Crippen molar-refractivity contribution in [2.45, 2.75) is 27.7 Å². The number of rotatable bonds is 8. The Balaban J connectivity index is 1.62. The standard InChI is InChI=1S/C27H28N2O6/c1-5-32-23-13-17(14-24(33-6-2)25(23)34-7-3)26(30)28-18-9-11-21-19(15-18)27(31)29-20-12-16(4)8-10-22(20)35-21/h8-15H,5-7H2,1-4H3,(H,28,30)(H,29,31). The molecule has 1 aliphatic heterocycles. The van der Waals surface area contributed by atoms with Crippen LogP contribution in [0.3, 0.4) is 0 Å². The van der Waals surface area contributed by atoms with Crippen molar-refractivity contribution in [2.24, 2.45) is 0 Å². The fourth-order valence-electron chi connectivity index (χ4n) is 3.74. The molecule has 0 saturated carbocycles. The average Bonchev–Trinajstić information content (AvgIpc) is 2.96. The largest absolute Gasteiger partial charge is 0.490 e. The molecule has 3 aromatic carbocycles. The summed E-state index contributed by atoms with van der Waals surface area (Å²) in [7, 11) is 0. The Hall–Kier alpha value is -4.20. The molecule has 0 saturated heterocycles. The van der Waals surface area contributed by atoms with E-state index in [0.29, 0.717) is 71.1 Å². The lowest BCUT2D eigenvalue weighted by molar-refractivity contribution is 0.101. The van der Waals surface area contributed by atoms with Crippen molar-refractivity contribution in [1.82, 2.24) is 0 Å². The SMILES string of the molecule is CCOc1cc(C(=O)Nc2ccc3c(c2)C(=O)Nc2cc(C)ccc2O3)cc(OCC)c1OCC. The van der Waals surface area contributed by atoms with Gasteiger partial charge in [-0.25, -0.2) is 0 Å². The summed E-state index contributed by atoms with van der Waals surface area (Å²) in [6.07, 6.45) is 0. The lowest BCUT2D eigenvalue weighted by Gasteiger charge is -2.17. The van der Waals surface area contributed by atoms with Crippen molar-refractivity contribution in [2.75, 3.05) is 30.5 Å². The third-order valence-corrected chi connectivity index (χ3v) is 5.26. The lowest BCUT2D eigenvalue weighted by Crippen LogP contribution is -2.15. The molecule has 0 spiro atoms. The number of fused-ring (bicyclic) bond motifs is 2. The molecule has 1 heterocycles. The van der Waals surface area contributed by atoms with E-state index in [-0.39, 0.29) is 11.8 Å². The molecule has 0 aromatic heterocycles. The number of carbonyl (C=O) groups excluding carboxylic acids is 2. The van der Waals surface area contributed by atoms with Crippen molar-refractivity contribution in [1.29, 1.82) is 0 Å². The fraction of sp³-hybridized carbons (Fsp3) is 0.259. The summed E-state index contributed by atoms with van der Waals surface area (Å²) in [5.41, 5.74) is 2.68. The molecule has 0 radical (unpaired) electrons. The molecule has 3 aromatic rings. The quantitative estimate of drug-likeness (QED) is 0.427. The molecule has 35 heavy (non-hydrogen) atoms. The Labute approximate surface area is 204 Å². The van der Waals surface area contributed by atoms with Crippen LogP contribution in [-0.4, -0.2) is 31.6 Å². The third kappa shape index (κ3) is 5.16. The first-order chi connectivity index (χ1) is 16.9. The van der Waals surface area contributed by atoms with Crippen molar-refractivity contribution >= 4 is 23.2 Å². The van der Waals surface area contributed by atoms with Crippen LogP contribution in [0.5, 0.6) is 28.7 Å². The molecule has 2 amide bonds. The van der Waals surface area contributed by atoms with E-state index in [4.69, 9.17) is 18.9 Å². The van der Waals surface area contributed by atoms with Crippen LogP contribution in [0.25, 0.3) is 0 Å². The summed E-state index contributed by atoms with van der Waals surface area (Å²) < 4.78 is 23.1. The lowest BCUT2D eigenvalue weighted by atomic mass is 10.1. The molecule has 1 aliphatic rings. The second-order valence-electron chi connectivity index (χ2n) is 7.82. The molecule has 0 unspecified atom stereocenters. The average molecular weight is 477 g/mol. The minimum Gasteiger partial charge on any atom is -0.490 e. The molecule has 0 aliphatic carbocycles.